The van der Waals surface area contributed by atoms with Gasteiger partial charge in [-0.1, -0.05) is 12.1 Å². The lowest BCUT2D eigenvalue weighted by Crippen LogP contribution is -2.22. The molecule has 2 aromatic rings. The van der Waals surface area contributed by atoms with Gasteiger partial charge in [-0.25, -0.2) is 21.1 Å². The number of hydrogen-bond donors (Lipinski definition) is 1. The van der Waals surface area contributed by atoms with Crippen LogP contribution in [-0.2, 0) is 32.9 Å². The van der Waals surface area contributed by atoms with Crippen molar-refractivity contribution in [1.82, 2.24) is 4.31 Å². The summed E-state index contributed by atoms with van der Waals surface area (Å²) in [5.41, 5.74) is 3.16. The highest BCUT2D eigenvalue weighted by atomic mass is 32.2. The Bertz CT molecular complexity index is 1060. The molecule has 1 aliphatic carbocycles. The van der Waals surface area contributed by atoms with Gasteiger partial charge in [-0.2, -0.15) is 0 Å². The summed E-state index contributed by atoms with van der Waals surface area (Å²) in [7, 11) is -4.58. The number of rotatable bonds is 5. The fourth-order valence-electron chi connectivity index (χ4n) is 3.00. The van der Waals surface area contributed by atoms with E-state index in [9.17, 15) is 16.8 Å². The first-order chi connectivity index (χ1) is 12.1. The molecule has 2 aromatic carbocycles. The van der Waals surface area contributed by atoms with Crippen molar-refractivity contribution in [2.75, 3.05) is 18.8 Å². The van der Waals surface area contributed by atoms with Gasteiger partial charge in [-0.15, -0.1) is 0 Å². The molecule has 0 radical (unpaired) electrons. The lowest BCUT2D eigenvalue weighted by Gasteiger charge is -2.15. The van der Waals surface area contributed by atoms with Crippen LogP contribution in [0, 0.1) is 6.92 Å². The zero-order chi connectivity index (χ0) is 19.1. The maximum Gasteiger partial charge on any atom is 0.261 e. The molecule has 3 rings (SSSR count). The third-order valence-corrected chi connectivity index (χ3v) is 7.79. The molecular formula is C18H22N2O4S2. The average Bonchev–Trinajstić information content (AvgIpc) is 3.04. The normalized spacial score (nSPS) is 14.5. The first-order valence-corrected chi connectivity index (χ1v) is 11.2. The molecule has 0 saturated carbocycles. The van der Waals surface area contributed by atoms with Gasteiger partial charge in [-0.05, 0) is 67.1 Å². The van der Waals surface area contributed by atoms with Crippen LogP contribution in [0.5, 0.6) is 0 Å². The molecule has 140 valence electrons. The molecule has 8 heteroatoms. The summed E-state index contributed by atoms with van der Waals surface area (Å²) < 4.78 is 53.8. The van der Waals surface area contributed by atoms with E-state index in [1.165, 1.54) is 31.8 Å². The molecule has 0 aliphatic heterocycles. The van der Waals surface area contributed by atoms with E-state index in [0.29, 0.717) is 5.56 Å². The Morgan fingerprint density at radius 2 is 1.54 bits per heavy atom. The van der Waals surface area contributed by atoms with Gasteiger partial charge < -0.3 is 0 Å². The topological polar surface area (TPSA) is 83.6 Å². The highest BCUT2D eigenvalue weighted by molar-refractivity contribution is 7.92. The second kappa shape index (κ2) is 6.68. The number of fused-ring (bicyclic) bond motifs is 1. The number of hydrogen-bond acceptors (Lipinski definition) is 4. The monoisotopic (exact) mass is 394 g/mol. The molecule has 26 heavy (non-hydrogen) atoms. The van der Waals surface area contributed by atoms with Crippen LogP contribution in [0.4, 0.5) is 5.69 Å². The zero-order valence-corrected chi connectivity index (χ0v) is 16.6. The molecule has 0 unspecified atom stereocenters. The van der Waals surface area contributed by atoms with Crippen LogP contribution >= 0.6 is 0 Å². The van der Waals surface area contributed by atoms with Crippen LogP contribution in [0.15, 0.2) is 46.2 Å². The molecule has 0 heterocycles. The van der Waals surface area contributed by atoms with Gasteiger partial charge in [0.2, 0.25) is 10.0 Å². The van der Waals surface area contributed by atoms with E-state index in [4.69, 9.17) is 0 Å². The van der Waals surface area contributed by atoms with Gasteiger partial charge in [0.05, 0.1) is 15.5 Å². The van der Waals surface area contributed by atoms with E-state index in [-0.39, 0.29) is 15.5 Å². The van der Waals surface area contributed by atoms with Crippen LogP contribution in [-0.4, -0.2) is 35.2 Å². The van der Waals surface area contributed by atoms with Gasteiger partial charge in [0, 0.05) is 14.1 Å². The van der Waals surface area contributed by atoms with Gasteiger partial charge >= 0.3 is 0 Å². The number of anilines is 1. The third kappa shape index (κ3) is 3.49. The lowest BCUT2D eigenvalue weighted by molar-refractivity contribution is 0.520. The fraction of sp³-hybridized carbons (Fsp3) is 0.333. The first-order valence-electron chi connectivity index (χ1n) is 8.29. The van der Waals surface area contributed by atoms with Gasteiger partial charge in [0.15, 0.2) is 0 Å². The quantitative estimate of drug-likeness (QED) is 0.845. The Morgan fingerprint density at radius 1 is 0.885 bits per heavy atom. The van der Waals surface area contributed by atoms with Gasteiger partial charge in [0.25, 0.3) is 10.0 Å². The molecule has 1 N–H and O–H groups in total. The van der Waals surface area contributed by atoms with Crippen molar-refractivity contribution in [3.63, 3.8) is 0 Å². The Balaban J connectivity index is 1.97. The number of nitrogens with zero attached hydrogens (tertiary/aromatic N) is 1. The molecular weight excluding hydrogens is 372 g/mol. The van der Waals surface area contributed by atoms with Crippen LogP contribution < -0.4 is 4.72 Å². The Kier molecular flexibility index (Phi) is 4.85. The molecule has 1 aliphatic rings. The summed E-state index contributed by atoms with van der Waals surface area (Å²) in [5.74, 6) is 0. The van der Waals surface area contributed by atoms with Crippen molar-refractivity contribution in [3.05, 3.63) is 53.1 Å². The maximum absolute atomic E-state index is 12.8. The fourth-order valence-corrected chi connectivity index (χ4v) is 5.10. The summed E-state index contributed by atoms with van der Waals surface area (Å²) in [6, 6.07) is 9.59. The van der Waals surface area contributed by atoms with E-state index >= 15 is 0 Å². The standard InChI is InChI=1S/C18H22N2O4S2/c1-13-7-9-17(26(23,24)20(2)3)12-18(13)19-25(21,22)16-10-8-14-5-4-6-15(14)11-16/h7-12,19H,4-6H2,1-3H3. The number of aryl methyl sites for hydroxylation is 3. The van der Waals surface area contributed by atoms with Crippen LogP contribution in [0.25, 0.3) is 0 Å². The van der Waals surface area contributed by atoms with Gasteiger partial charge in [-0.3, -0.25) is 4.72 Å². The lowest BCUT2D eigenvalue weighted by atomic mass is 10.1. The zero-order valence-electron chi connectivity index (χ0n) is 15.0. The molecule has 0 amide bonds. The molecule has 0 fully saturated rings. The Hall–Kier alpha value is -1.90. The van der Waals surface area contributed by atoms with E-state index in [0.717, 1.165) is 29.1 Å². The van der Waals surface area contributed by atoms with Crippen molar-refractivity contribution in [3.8, 4) is 0 Å². The maximum atomic E-state index is 12.8. The molecule has 0 aromatic heterocycles. The summed E-state index contributed by atoms with van der Waals surface area (Å²) >= 11 is 0. The Morgan fingerprint density at radius 3 is 2.23 bits per heavy atom. The number of benzene rings is 2. The van der Waals surface area contributed by atoms with Gasteiger partial charge in [0.1, 0.15) is 0 Å². The molecule has 0 spiro atoms. The van der Waals surface area contributed by atoms with Crippen molar-refractivity contribution < 1.29 is 16.8 Å². The SMILES string of the molecule is Cc1ccc(S(=O)(=O)N(C)C)cc1NS(=O)(=O)c1ccc2c(c1)CCC2. The predicted molar refractivity (Wildman–Crippen MR) is 101 cm³/mol. The van der Waals surface area contributed by atoms with E-state index in [1.807, 2.05) is 6.07 Å². The molecule has 0 saturated heterocycles. The van der Waals surface area contributed by atoms with Crippen LogP contribution in [0.1, 0.15) is 23.1 Å². The largest absolute Gasteiger partial charge is 0.279 e. The van der Waals surface area contributed by atoms with Crippen LogP contribution in [0.3, 0.4) is 0 Å². The molecule has 6 nitrogen and oxygen atoms in total. The third-order valence-electron chi connectivity index (χ3n) is 4.61. The van der Waals surface area contributed by atoms with E-state index in [1.54, 1.807) is 25.1 Å². The van der Waals surface area contributed by atoms with Crippen LogP contribution in [0.2, 0.25) is 0 Å². The average molecular weight is 395 g/mol. The summed E-state index contributed by atoms with van der Waals surface area (Å²) in [6.07, 6.45) is 2.90. The molecule has 0 bridgehead atoms. The highest BCUT2D eigenvalue weighted by Gasteiger charge is 2.22. The minimum absolute atomic E-state index is 0.0414. The minimum Gasteiger partial charge on any atom is -0.279 e. The van der Waals surface area contributed by atoms with E-state index < -0.39 is 20.0 Å². The summed E-state index contributed by atoms with van der Waals surface area (Å²) in [4.78, 5) is 0.234. The predicted octanol–water partition coefficient (Wildman–Crippen LogP) is 2.53. The Labute approximate surface area is 155 Å². The second-order valence-electron chi connectivity index (χ2n) is 6.65. The first kappa shape index (κ1) is 18.9. The van der Waals surface area contributed by atoms with Crippen molar-refractivity contribution in [2.24, 2.45) is 0 Å². The highest BCUT2D eigenvalue weighted by Crippen LogP contribution is 2.28. The smallest absolute Gasteiger partial charge is 0.261 e. The number of nitrogens with one attached hydrogen (secondary N) is 1. The second-order valence-corrected chi connectivity index (χ2v) is 10.5. The summed E-state index contributed by atoms with van der Waals surface area (Å²) in [6.45, 7) is 1.73. The van der Waals surface area contributed by atoms with E-state index in [2.05, 4.69) is 4.72 Å². The molecule has 0 atom stereocenters. The summed E-state index contributed by atoms with van der Waals surface area (Å²) in [5, 5.41) is 0. The van der Waals surface area contributed by atoms with Crippen molar-refractivity contribution >= 4 is 25.7 Å². The van der Waals surface area contributed by atoms with Crippen molar-refractivity contribution in [2.45, 2.75) is 36.0 Å². The minimum atomic E-state index is -3.80. The van der Waals surface area contributed by atoms with Crippen molar-refractivity contribution in [1.29, 1.82) is 0 Å². The number of sulfonamides is 2.